The molecule has 0 atom stereocenters. The van der Waals surface area contributed by atoms with Gasteiger partial charge in [-0.05, 0) is 0 Å². The first-order valence-corrected chi connectivity index (χ1v) is 0. The number of hydrogen-bond acceptors (Lipinski definition) is 0. The Morgan fingerprint density at radius 1 is 0.800 bits per heavy atom. The monoisotopic (exact) mass is 249 g/mol. The summed E-state index contributed by atoms with van der Waals surface area (Å²) < 4.78 is 0. The first-order chi connectivity index (χ1) is 0. The summed E-state index contributed by atoms with van der Waals surface area (Å²) in [6.45, 7) is 0. The average Bonchev–Trinajstić information content (AvgIpc) is 0. The third-order valence-electron chi connectivity index (χ3n) is 0. The van der Waals surface area contributed by atoms with Crippen LogP contribution in [0.3, 0.4) is 0 Å². The molecule has 0 nitrogen and oxygen atoms in total. The van der Waals surface area contributed by atoms with Gasteiger partial charge in [0.05, 0.1) is 0 Å². The van der Waals surface area contributed by atoms with Gasteiger partial charge in [0.25, 0.3) is 0 Å². The van der Waals surface area contributed by atoms with Gasteiger partial charge in [0.1, 0.15) is 0 Å². The predicted octanol–water partition coefficient (Wildman–Crippen LogP) is -0.391. The van der Waals surface area contributed by atoms with Crippen molar-refractivity contribution in [3.63, 3.8) is 0 Å². The molecule has 5 heteroatoms. The topological polar surface area (TPSA) is 0 Å². The minimum atomic E-state index is 0. The molecule has 0 spiro atoms. The van der Waals surface area contributed by atoms with E-state index in [-0.39, 0.29) is 79.0 Å². The van der Waals surface area contributed by atoms with Gasteiger partial charge in [-0.1, -0.05) is 0 Å². The summed E-state index contributed by atoms with van der Waals surface area (Å²) in [7, 11) is 0. The number of hydrogen-bond donors (Lipinski definition) is 0. The Labute approximate surface area is 78.3 Å². The predicted molar refractivity (Wildman–Crippen MR) is 5.75 cm³/mol. The molecule has 0 aliphatic carbocycles. The summed E-state index contributed by atoms with van der Waals surface area (Å²) in [6, 6.07) is 0. The first kappa shape index (κ1) is 55.2. The Balaban J connectivity index is 0. The van der Waals surface area contributed by atoms with Crippen molar-refractivity contribution in [3.05, 3.63) is 0 Å². The minimum absolute atomic E-state index is 0. The molecule has 0 aromatic carbocycles. The van der Waals surface area contributed by atoms with Crippen LogP contribution < -0.4 is 0 Å². The van der Waals surface area contributed by atoms with E-state index in [2.05, 4.69) is 0 Å². The average molecular weight is 250 g/mol. The van der Waals surface area contributed by atoms with Crippen molar-refractivity contribution in [3.8, 4) is 0 Å². The summed E-state index contributed by atoms with van der Waals surface area (Å²) >= 11 is 0. The van der Waals surface area contributed by atoms with Gasteiger partial charge in [-0.25, -0.2) is 0 Å². The molecule has 0 aromatic rings. The molecule has 0 bridgehead atoms. The van der Waals surface area contributed by atoms with Crippen LogP contribution in [0.25, 0.3) is 0 Å². The maximum atomic E-state index is 0. The molecule has 5 heavy (non-hydrogen) atoms. The van der Waals surface area contributed by atoms with Crippen LogP contribution in [-0.2, 0) is 68.0 Å². The Kier molecular flexibility index (Phi) is 372. The third kappa shape index (κ3) is 22.1. The second-order valence-corrected chi connectivity index (χ2v) is 0. The van der Waals surface area contributed by atoms with Crippen LogP contribution in [0.5, 0.6) is 0 Å². The van der Waals surface area contributed by atoms with Gasteiger partial charge in [-0.15, -0.1) is 0 Å². The van der Waals surface area contributed by atoms with Crippen LogP contribution >= 0.6 is 0 Å². The zero-order chi connectivity index (χ0) is 0. The second-order valence-electron chi connectivity index (χ2n) is 0. The zero-order valence-corrected chi connectivity index (χ0v) is 7.54. The quantitative estimate of drug-likeness (QED) is 0.513. The molecule has 0 aliphatic heterocycles. The van der Waals surface area contributed by atoms with Gasteiger partial charge in [-0.3, -0.25) is 0 Å². The summed E-state index contributed by atoms with van der Waals surface area (Å²) in [5.74, 6) is 0. The van der Waals surface area contributed by atoms with Crippen LogP contribution in [0.15, 0.2) is 0 Å². The fraction of sp³-hybridized carbons (Fsp3) is 0. The molecular weight excluding hydrogens is 250 g/mol. The number of rotatable bonds is 0. The van der Waals surface area contributed by atoms with Gasteiger partial charge >= 0.3 is 0 Å². The molecular formula is CoCr2NiSi. The molecule has 0 amide bonds. The fourth-order valence-corrected chi connectivity index (χ4v) is 0. The van der Waals surface area contributed by atoms with Crippen molar-refractivity contribution in [1.29, 1.82) is 0 Å². The first-order valence-electron chi connectivity index (χ1n) is 0. The van der Waals surface area contributed by atoms with E-state index in [1.165, 1.54) is 0 Å². The Morgan fingerprint density at radius 2 is 0.800 bits per heavy atom. The Morgan fingerprint density at radius 3 is 0.800 bits per heavy atom. The summed E-state index contributed by atoms with van der Waals surface area (Å²) in [6.07, 6.45) is 0. The minimum Gasteiger partial charge on any atom is 0 e. The smallest absolute Gasteiger partial charge is 0 e. The van der Waals surface area contributed by atoms with E-state index in [0.717, 1.165) is 0 Å². The summed E-state index contributed by atoms with van der Waals surface area (Å²) in [5, 5.41) is 0. The molecule has 0 fully saturated rings. The normalized spacial score (nSPS) is 0. The van der Waals surface area contributed by atoms with Crippen LogP contribution in [0.2, 0.25) is 0 Å². The van der Waals surface area contributed by atoms with Crippen LogP contribution in [0.4, 0.5) is 0 Å². The van der Waals surface area contributed by atoms with E-state index >= 15 is 0 Å². The van der Waals surface area contributed by atoms with Crippen LogP contribution in [0.1, 0.15) is 0 Å². The molecule has 0 N–H and O–H groups in total. The van der Waals surface area contributed by atoms with E-state index in [0.29, 0.717) is 0 Å². The van der Waals surface area contributed by atoms with E-state index in [9.17, 15) is 0 Å². The zero-order valence-electron chi connectivity index (χ0n) is 1.97. The van der Waals surface area contributed by atoms with Gasteiger partial charge in [0.15, 0.2) is 0 Å². The Hall–Kier alpha value is 2.28. The van der Waals surface area contributed by atoms with Crippen molar-refractivity contribution in [2.45, 2.75) is 0 Å². The molecule has 5 radical (unpaired) electrons. The summed E-state index contributed by atoms with van der Waals surface area (Å²) in [4.78, 5) is 0. The van der Waals surface area contributed by atoms with Gasteiger partial charge in [0.2, 0.25) is 0 Å². The Bertz CT molecular complexity index is 9.61. The van der Waals surface area contributed by atoms with Crippen molar-refractivity contribution in [1.82, 2.24) is 0 Å². The van der Waals surface area contributed by atoms with Gasteiger partial charge in [0, 0.05) is 79.0 Å². The second kappa shape index (κ2) is 33.7. The van der Waals surface area contributed by atoms with E-state index in [1.807, 2.05) is 0 Å². The van der Waals surface area contributed by atoms with Crippen molar-refractivity contribution in [2.24, 2.45) is 0 Å². The summed E-state index contributed by atoms with van der Waals surface area (Å²) in [5.41, 5.74) is 0. The van der Waals surface area contributed by atoms with Crippen molar-refractivity contribution in [2.75, 3.05) is 0 Å². The van der Waals surface area contributed by atoms with Crippen molar-refractivity contribution >= 4 is 11.0 Å². The molecule has 0 saturated heterocycles. The van der Waals surface area contributed by atoms with Gasteiger partial charge < -0.3 is 0 Å². The molecule has 0 aromatic heterocycles. The maximum Gasteiger partial charge on any atom is 0 e. The largest absolute Gasteiger partial charge is 0 e. The van der Waals surface area contributed by atoms with E-state index in [4.69, 9.17) is 0 Å². The van der Waals surface area contributed by atoms with E-state index < -0.39 is 0 Å². The fourth-order valence-electron chi connectivity index (χ4n) is 0. The molecule has 0 saturated carbocycles. The molecule has 0 aliphatic rings. The van der Waals surface area contributed by atoms with Gasteiger partial charge in [-0.2, -0.15) is 0 Å². The third-order valence-corrected chi connectivity index (χ3v) is 0. The molecule has 0 rings (SSSR count). The van der Waals surface area contributed by atoms with Crippen LogP contribution in [0, 0.1) is 0 Å². The standard InChI is InChI=1S/Co.2Cr.Ni.Si. The SMILES string of the molecule is [Co].[Cr].[Cr].[Ni].[Si]. The maximum absolute atomic E-state index is 0. The molecule has 0 unspecified atom stereocenters. The van der Waals surface area contributed by atoms with E-state index in [1.54, 1.807) is 0 Å². The molecule has 35 valence electrons. The van der Waals surface area contributed by atoms with Crippen molar-refractivity contribution < 1.29 is 68.0 Å². The molecule has 0 heterocycles. The van der Waals surface area contributed by atoms with Crippen LogP contribution in [-0.4, -0.2) is 11.0 Å².